The summed E-state index contributed by atoms with van der Waals surface area (Å²) in [4.78, 5) is 22.4. The summed E-state index contributed by atoms with van der Waals surface area (Å²) in [5, 5.41) is 8.67. The molecule has 0 aliphatic rings. The van der Waals surface area contributed by atoms with Crippen molar-refractivity contribution in [2.45, 2.75) is 6.18 Å². The van der Waals surface area contributed by atoms with Crippen LogP contribution in [0.25, 0.3) is 10.9 Å². The van der Waals surface area contributed by atoms with Gasteiger partial charge >= 0.3 is 12.1 Å². The standard InChI is InChI=1S/C12H7BrF3NO3/c1-17-7-4-5(13)2-3-6(7)8(9(18)11(19)20)10(17)12(14,15)16/h2-4H,1H3,(H,19,20). The molecule has 0 unspecified atom stereocenters. The Balaban J connectivity index is 2.95. The fourth-order valence-electron chi connectivity index (χ4n) is 2.08. The van der Waals surface area contributed by atoms with Crippen LogP contribution in [-0.4, -0.2) is 21.4 Å². The second-order valence-electron chi connectivity index (χ2n) is 4.08. The Morgan fingerprint density at radius 2 is 1.90 bits per heavy atom. The Bertz CT molecular complexity index is 734. The van der Waals surface area contributed by atoms with Gasteiger partial charge in [-0.1, -0.05) is 22.0 Å². The van der Waals surface area contributed by atoms with Crippen LogP contribution in [0.3, 0.4) is 0 Å². The van der Waals surface area contributed by atoms with Crippen LogP contribution in [0.1, 0.15) is 16.1 Å². The van der Waals surface area contributed by atoms with Crippen molar-refractivity contribution in [2.75, 3.05) is 0 Å². The van der Waals surface area contributed by atoms with Gasteiger partial charge < -0.3 is 9.67 Å². The second-order valence-corrected chi connectivity index (χ2v) is 4.99. The lowest BCUT2D eigenvalue weighted by molar-refractivity contribution is -0.143. The zero-order valence-electron chi connectivity index (χ0n) is 9.95. The fourth-order valence-corrected chi connectivity index (χ4v) is 2.43. The SMILES string of the molecule is Cn1c(C(F)(F)F)c(C(=O)C(=O)O)c2ccc(Br)cc21. The first-order chi connectivity index (χ1) is 9.14. The Hall–Kier alpha value is -1.83. The largest absolute Gasteiger partial charge is 0.475 e. The normalized spacial score (nSPS) is 11.8. The van der Waals surface area contributed by atoms with E-state index in [0.717, 1.165) is 11.6 Å². The van der Waals surface area contributed by atoms with Crippen molar-refractivity contribution in [3.63, 3.8) is 0 Å². The van der Waals surface area contributed by atoms with Crippen molar-refractivity contribution in [3.05, 3.63) is 33.9 Å². The molecule has 1 aromatic heterocycles. The number of hydrogen-bond acceptors (Lipinski definition) is 2. The number of alkyl halides is 3. The molecule has 1 N–H and O–H groups in total. The van der Waals surface area contributed by atoms with Gasteiger partial charge in [0.25, 0.3) is 5.78 Å². The van der Waals surface area contributed by atoms with Gasteiger partial charge in [-0.05, 0) is 12.1 Å². The predicted octanol–water partition coefficient (Wildman–Crippen LogP) is 3.23. The summed E-state index contributed by atoms with van der Waals surface area (Å²) >= 11 is 3.12. The molecule has 4 nitrogen and oxygen atoms in total. The number of benzene rings is 1. The molecule has 0 radical (unpaired) electrons. The maximum atomic E-state index is 13.1. The van der Waals surface area contributed by atoms with E-state index in [2.05, 4.69) is 15.9 Å². The molecule has 0 saturated carbocycles. The minimum absolute atomic E-state index is 0.0459. The molecule has 1 heterocycles. The van der Waals surface area contributed by atoms with Crippen molar-refractivity contribution in [2.24, 2.45) is 7.05 Å². The summed E-state index contributed by atoms with van der Waals surface area (Å²) < 4.78 is 40.6. The highest BCUT2D eigenvalue weighted by Gasteiger charge is 2.41. The average molecular weight is 350 g/mol. The molecule has 0 saturated heterocycles. The Kier molecular flexibility index (Phi) is 3.37. The second kappa shape index (κ2) is 4.62. The van der Waals surface area contributed by atoms with Crippen molar-refractivity contribution >= 4 is 38.6 Å². The molecule has 8 heteroatoms. The van der Waals surface area contributed by atoms with Crippen LogP contribution in [0.2, 0.25) is 0 Å². The number of rotatable bonds is 2. The van der Waals surface area contributed by atoms with Gasteiger partial charge in [-0.3, -0.25) is 4.79 Å². The van der Waals surface area contributed by atoms with Gasteiger partial charge in [0, 0.05) is 16.9 Å². The highest BCUT2D eigenvalue weighted by molar-refractivity contribution is 9.10. The lowest BCUT2D eigenvalue weighted by Gasteiger charge is -2.09. The predicted molar refractivity (Wildman–Crippen MR) is 67.6 cm³/mol. The summed E-state index contributed by atoms with van der Waals surface area (Å²) in [5.41, 5.74) is -1.98. The third-order valence-electron chi connectivity index (χ3n) is 2.85. The number of aliphatic carboxylic acids is 1. The zero-order valence-corrected chi connectivity index (χ0v) is 11.5. The maximum Gasteiger partial charge on any atom is 0.432 e. The van der Waals surface area contributed by atoms with Crippen LogP contribution < -0.4 is 0 Å². The van der Waals surface area contributed by atoms with E-state index in [0.29, 0.717) is 4.47 Å². The topological polar surface area (TPSA) is 59.3 Å². The number of halogens is 4. The van der Waals surface area contributed by atoms with E-state index in [4.69, 9.17) is 5.11 Å². The number of carboxylic acids is 1. The number of carbonyl (C=O) groups is 2. The number of ketones is 1. The van der Waals surface area contributed by atoms with Gasteiger partial charge in [0.05, 0.1) is 11.1 Å². The first-order valence-corrected chi connectivity index (χ1v) is 6.06. The lowest BCUT2D eigenvalue weighted by atomic mass is 10.1. The van der Waals surface area contributed by atoms with Crippen LogP contribution in [0.4, 0.5) is 13.2 Å². The van der Waals surface area contributed by atoms with Gasteiger partial charge in [-0.15, -0.1) is 0 Å². The molecule has 106 valence electrons. The summed E-state index contributed by atoms with van der Waals surface area (Å²) in [5.74, 6) is -3.50. The van der Waals surface area contributed by atoms with Crippen LogP contribution in [0, 0.1) is 0 Å². The summed E-state index contributed by atoms with van der Waals surface area (Å²) in [7, 11) is 1.14. The van der Waals surface area contributed by atoms with Gasteiger partial charge in [-0.2, -0.15) is 13.2 Å². The molecule has 0 aliphatic carbocycles. The Morgan fingerprint density at radius 1 is 1.30 bits per heavy atom. The van der Waals surface area contributed by atoms with E-state index in [9.17, 15) is 22.8 Å². The number of carbonyl (C=O) groups excluding carboxylic acids is 1. The minimum atomic E-state index is -4.83. The smallest absolute Gasteiger partial charge is 0.432 e. The molecule has 0 amide bonds. The van der Waals surface area contributed by atoms with Crippen molar-refractivity contribution < 1.29 is 27.9 Å². The van der Waals surface area contributed by atoms with E-state index >= 15 is 0 Å². The highest BCUT2D eigenvalue weighted by atomic mass is 79.9. The molecular weight excluding hydrogens is 343 g/mol. The summed E-state index contributed by atoms with van der Waals surface area (Å²) in [6, 6.07) is 4.12. The number of aryl methyl sites for hydroxylation is 1. The molecular formula is C12H7BrF3NO3. The Morgan fingerprint density at radius 3 is 2.40 bits per heavy atom. The van der Waals surface area contributed by atoms with Crippen molar-refractivity contribution in [3.8, 4) is 0 Å². The van der Waals surface area contributed by atoms with Crippen LogP contribution in [-0.2, 0) is 18.0 Å². The van der Waals surface area contributed by atoms with E-state index in [1.165, 1.54) is 18.2 Å². The van der Waals surface area contributed by atoms with Gasteiger partial charge in [-0.25, -0.2) is 4.79 Å². The van der Waals surface area contributed by atoms with E-state index < -0.39 is 29.2 Å². The van der Waals surface area contributed by atoms with Gasteiger partial charge in [0.15, 0.2) is 0 Å². The molecule has 1 aromatic carbocycles. The lowest BCUT2D eigenvalue weighted by Crippen LogP contribution is -2.20. The number of Topliss-reactive ketones (excluding diaryl/α,β-unsaturated/α-hetero) is 1. The van der Waals surface area contributed by atoms with Crippen molar-refractivity contribution in [1.82, 2.24) is 4.57 Å². The quantitative estimate of drug-likeness (QED) is 0.668. The number of hydrogen-bond donors (Lipinski definition) is 1. The minimum Gasteiger partial charge on any atom is -0.475 e. The van der Waals surface area contributed by atoms with E-state index in [1.807, 2.05) is 0 Å². The summed E-state index contributed by atoms with van der Waals surface area (Å²) in [6.07, 6.45) is -4.83. The van der Waals surface area contributed by atoms with E-state index in [1.54, 1.807) is 0 Å². The molecule has 0 aliphatic heterocycles. The first-order valence-electron chi connectivity index (χ1n) is 5.27. The number of nitrogens with zero attached hydrogens (tertiary/aromatic N) is 1. The summed E-state index contributed by atoms with van der Waals surface area (Å²) in [6.45, 7) is 0. The molecule has 0 spiro atoms. The van der Waals surface area contributed by atoms with Gasteiger partial charge in [0.1, 0.15) is 5.69 Å². The van der Waals surface area contributed by atoms with Crippen molar-refractivity contribution in [1.29, 1.82) is 0 Å². The molecule has 2 rings (SSSR count). The molecule has 0 bridgehead atoms. The van der Waals surface area contributed by atoms with E-state index in [-0.39, 0.29) is 10.9 Å². The van der Waals surface area contributed by atoms with Crippen LogP contribution in [0.15, 0.2) is 22.7 Å². The monoisotopic (exact) mass is 349 g/mol. The van der Waals surface area contributed by atoms with Gasteiger partial charge in [0.2, 0.25) is 0 Å². The first kappa shape index (κ1) is 14.6. The van der Waals surface area contributed by atoms with Crippen LogP contribution >= 0.6 is 15.9 Å². The number of fused-ring (bicyclic) bond motifs is 1. The number of aromatic nitrogens is 1. The third-order valence-corrected chi connectivity index (χ3v) is 3.35. The third kappa shape index (κ3) is 2.20. The van der Waals surface area contributed by atoms with Crippen LogP contribution in [0.5, 0.6) is 0 Å². The zero-order chi connectivity index (χ0) is 15.2. The number of carboxylic acid groups (broad SMARTS) is 1. The molecule has 20 heavy (non-hydrogen) atoms. The molecule has 0 atom stereocenters. The molecule has 2 aromatic rings. The molecule has 0 fully saturated rings. The highest BCUT2D eigenvalue weighted by Crippen LogP contribution is 2.38. The Labute approximate surface area is 118 Å². The fraction of sp³-hybridized carbons (Fsp3) is 0.167. The average Bonchev–Trinajstić information content (AvgIpc) is 2.61. The maximum absolute atomic E-state index is 13.1.